The number of fused-ring (bicyclic) bond motifs is 1. The Balaban J connectivity index is 2.66. The molecule has 0 fully saturated rings. The van der Waals surface area contributed by atoms with E-state index >= 15 is 0 Å². The van der Waals surface area contributed by atoms with Crippen molar-refractivity contribution < 1.29 is 5.11 Å². The summed E-state index contributed by atoms with van der Waals surface area (Å²) in [5, 5.41) is 8.83. The zero-order valence-corrected chi connectivity index (χ0v) is 7.90. The van der Waals surface area contributed by atoms with Crippen molar-refractivity contribution in [1.82, 2.24) is 4.98 Å². The van der Waals surface area contributed by atoms with Crippen molar-refractivity contribution in [3.63, 3.8) is 0 Å². The molecule has 2 aromatic heterocycles. The molecule has 62 valence electrons. The maximum atomic E-state index is 8.83. The normalized spacial score (nSPS) is 10.8. The zero-order chi connectivity index (χ0) is 8.55. The molecular weight excluding hydrogens is 190 g/mol. The molecule has 0 spiro atoms. The SMILES string of the molecule is OCc1ccc2sc(S)cc2n1. The van der Waals surface area contributed by atoms with Crippen LogP contribution in [-0.4, -0.2) is 10.1 Å². The minimum Gasteiger partial charge on any atom is -0.390 e. The summed E-state index contributed by atoms with van der Waals surface area (Å²) >= 11 is 5.81. The quantitative estimate of drug-likeness (QED) is 0.686. The first-order valence-electron chi connectivity index (χ1n) is 3.49. The Morgan fingerprint density at radius 2 is 2.33 bits per heavy atom. The van der Waals surface area contributed by atoms with Gasteiger partial charge in [-0.2, -0.15) is 0 Å². The Hall–Kier alpha value is -0.580. The van der Waals surface area contributed by atoms with E-state index in [0.29, 0.717) is 5.69 Å². The monoisotopic (exact) mass is 197 g/mol. The van der Waals surface area contributed by atoms with Crippen LogP contribution >= 0.6 is 24.0 Å². The van der Waals surface area contributed by atoms with Crippen LogP contribution in [0.25, 0.3) is 10.2 Å². The van der Waals surface area contributed by atoms with Gasteiger partial charge in [-0.1, -0.05) is 0 Å². The second-order valence-electron chi connectivity index (χ2n) is 2.43. The fourth-order valence-corrected chi connectivity index (χ4v) is 2.20. The fraction of sp³-hybridized carbons (Fsp3) is 0.125. The summed E-state index contributed by atoms with van der Waals surface area (Å²) in [6.45, 7) is -0.00626. The van der Waals surface area contributed by atoms with Crippen LogP contribution in [0.15, 0.2) is 22.4 Å². The van der Waals surface area contributed by atoms with E-state index in [0.717, 1.165) is 14.4 Å². The average Bonchev–Trinajstić information content (AvgIpc) is 2.43. The van der Waals surface area contributed by atoms with Gasteiger partial charge in [0.1, 0.15) is 0 Å². The van der Waals surface area contributed by atoms with Gasteiger partial charge >= 0.3 is 0 Å². The van der Waals surface area contributed by atoms with Crippen molar-refractivity contribution in [3.05, 3.63) is 23.9 Å². The lowest BCUT2D eigenvalue weighted by Crippen LogP contribution is -1.86. The standard InChI is InChI=1S/C8H7NOS2/c10-4-5-1-2-7-6(9-5)3-8(11)12-7/h1-3,10-11H,4H2. The van der Waals surface area contributed by atoms with E-state index in [1.54, 1.807) is 11.3 Å². The molecule has 2 heterocycles. The van der Waals surface area contributed by atoms with Crippen molar-refractivity contribution in [2.45, 2.75) is 10.8 Å². The van der Waals surface area contributed by atoms with Crippen LogP contribution < -0.4 is 0 Å². The Labute approximate surface area is 79.3 Å². The molecule has 0 bridgehead atoms. The molecule has 0 atom stereocenters. The van der Waals surface area contributed by atoms with E-state index < -0.39 is 0 Å². The molecule has 2 nitrogen and oxygen atoms in total. The van der Waals surface area contributed by atoms with E-state index in [1.807, 2.05) is 18.2 Å². The van der Waals surface area contributed by atoms with Gasteiger partial charge in [-0.15, -0.1) is 24.0 Å². The number of thiophene rings is 1. The van der Waals surface area contributed by atoms with E-state index in [4.69, 9.17) is 5.11 Å². The van der Waals surface area contributed by atoms with Crippen LogP contribution in [0.5, 0.6) is 0 Å². The Morgan fingerprint density at radius 1 is 1.50 bits per heavy atom. The van der Waals surface area contributed by atoms with Gasteiger partial charge in [-0.25, -0.2) is 4.98 Å². The third-order valence-electron chi connectivity index (χ3n) is 1.58. The van der Waals surface area contributed by atoms with Crippen LogP contribution in [0.3, 0.4) is 0 Å². The smallest absolute Gasteiger partial charge is 0.0853 e. The van der Waals surface area contributed by atoms with Crippen LogP contribution in [0.1, 0.15) is 5.69 Å². The number of thiol groups is 1. The highest BCUT2D eigenvalue weighted by atomic mass is 32.2. The molecule has 0 saturated heterocycles. The summed E-state index contributed by atoms with van der Waals surface area (Å²) < 4.78 is 2.06. The highest BCUT2D eigenvalue weighted by molar-refractivity contribution is 7.83. The molecule has 0 radical (unpaired) electrons. The van der Waals surface area contributed by atoms with Gasteiger partial charge in [0.2, 0.25) is 0 Å². The molecule has 2 aromatic rings. The first-order chi connectivity index (χ1) is 5.79. The van der Waals surface area contributed by atoms with Crippen molar-refractivity contribution in [1.29, 1.82) is 0 Å². The van der Waals surface area contributed by atoms with Crippen molar-refractivity contribution in [3.8, 4) is 0 Å². The number of rotatable bonds is 1. The predicted molar refractivity (Wildman–Crippen MR) is 52.8 cm³/mol. The van der Waals surface area contributed by atoms with Crippen LogP contribution in [0.4, 0.5) is 0 Å². The molecule has 0 amide bonds. The molecule has 12 heavy (non-hydrogen) atoms. The lowest BCUT2D eigenvalue weighted by molar-refractivity contribution is 0.277. The minimum absolute atomic E-state index is 0.00626. The summed E-state index contributed by atoms with van der Waals surface area (Å²) in [4.78, 5) is 4.23. The molecule has 0 aliphatic heterocycles. The predicted octanol–water partition coefficient (Wildman–Crippen LogP) is 2.08. The first kappa shape index (κ1) is 8.04. The summed E-state index contributed by atoms with van der Waals surface area (Å²) in [7, 11) is 0. The van der Waals surface area contributed by atoms with Gasteiger partial charge in [0.25, 0.3) is 0 Å². The van der Waals surface area contributed by atoms with Crippen molar-refractivity contribution >= 4 is 34.2 Å². The van der Waals surface area contributed by atoms with E-state index in [2.05, 4.69) is 17.6 Å². The molecule has 4 heteroatoms. The highest BCUT2D eigenvalue weighted by Crippen LogP contribution is 2.26. The summed E-state index contributed by atoms with van der Waals surface area (Å²) in [5.74, 6) is 0. The van der Waals surface area contributed by atoms with Crippen molar-refractivity contribution in [2.24, 2.45) is 0 Å². The molecular formula is C8H7NOS2. The van der Waals surface area contributed by atoms with Gasteiger partial charge in [-0.3, -0.25) is 0 Å². The number of aromatic nitrogens is 1. The number of hydrogen-bond donors (Lipinski definition) is 2. The van der Waals surface area contributed by atoms with Crippen LogP contribution in [0.2, 0.25) is 0 Å². The third kappa shape index (κ3) is 1.33. The largest absolute Gasteiger partial charge is 0.390 e. The molecule has 0 aromatic carbocycles. The van der Waals surface area contributed by atoms with Crippen LogP contribution in [-0.2, 0) is 6.61 Å². The minimum atomic E-state index is -0.00626. The summed E-state index contributed by atoms with van der Waals surface area (Å²) in [6.07, 6.45) is 0. The molecule has 0 aliphatic rings. The Morgan fingerprint density at radius 3 is 3.08 bits per heavy atom. The first-order valence-corrected chi connectivity index (χ1v) is 4.75. The van der Waals surface area contributed by atoms with Gasteiger partial charge in [-0.05, 0) is 18.2 Å². The maximum absolute atomic E-state index is 8.83. The fourth-order valence-electron chi connectivity index (χ4n) is 1.04. The van der Waals surface area contributed by atoms with Gasteiger partial charge in [0.05, 0.1) is 26.7 Å². The van der Waals surface area contributed by atoms with Gasteiger partial charge in [0, 0.05) is 0 Å². The highest BCUT2D eigenvalue weighted by Gasteiger charge is 2.00. The number of nitrogens with zero attached hydrogens (tertiary/aromatic N) is 1. The second kappa shape index (κ2) is 3.05. The lowest BCUT2D eigenvalue weighted by Gasteiger charge is -1.93. The Bertz CT molecular complexity index is 410. The summed E-state index contributed by atoms with van der Waals surface area (Å²) in [6, 6.07) is 5.69. The Kier molecular flexibility index (Phi) is 2.04. The second-order valence-corrected chi connectivity index (χ2v) is 4.30. The molecule has 1 N–H and O–H groups in total. The number of aliphatic hydroxyl groups is 1. The average molecular weight is 197 g/mol. The number of hydrogen-bond acceptors (Lipinski definition) is 4. The van der Waals surface area contributed by atoms with Crippen molar-refractivity contribution in [2.75, 3.05) is 0 Å². The topological polar surface area (TPSA) is 33.1 Å². The molecule has 0 aliphatic carbocycles. The van der Waals surface area contributed by atoms with Gasteiger partial charge in [0.15, 0.2) is 0 Å². The van der Waals surface area contributed by atoms with E-state index in [-0.39, 0.29) is 6.61 Å². The third-order valence-corrected chi connectivity index (χ3v) is 2.88. The molecule has 0 saturated carbocycles. The maximum Gasteiger partial charge on any atom is 0.0853 e. The molecule has 2 rings (SSSR count). The number of aliphatic hydroxyl groups excluding tert-OH is 1. The molecule has 0 unspecified atom stereocenters. The lowest BCUT2D eigenvalue weighted by atomic mass is 10.3. The van der Waals surface area contributed by atoms with Crippen LogP contribution in [0, 0.1) is 0 Å². The summed E-state index contributed by atoms with van der Waals surface area (Å²) in [5.41, 5.74) is 1.62. The van der Waals surface area contributed by atoms with E-state index in [1.165, 1.54) is 0 Å². The van der Waals surface area contributed by atoms with Gasteiger partial charge < -0.3 is 5.11 Å². The zero-order valence-electron chi connectivity index (χ0n) is 6.19. The van der Waals surface area contributed by atoms with E-state index in [9.17, 15) is 0 Å². The number of pyridine rings is 1.